The molecule has 0 saturated carbocycles. The molecule has 2 N–H and O–H groups in total. The van der Waals surface area contributed by atoms with Gasteiger partial charge in [0, 0.05) is 45.9 Å². The van der Waals surface area contributed by atoms with E-state index < -0.39 is 0 Å². The van der Waals surface area contributed by atoms with Gasteiger partial charge in [-0.2, -0.15) is 16.3 Å². The summed E-state index contributed by atoms with van der Waals surface area (Å²) in [4.78, 5) is 20.3. The van der Waals surface area contributed by atoms with Crippen molar-refractivity contribution in [1.29, 1.82) is 0 Å². The second-order valence-corrected chi connectivity index (χ2v) is 6.88. The number of piperazine rings is 1. The molecule has 3 heterocycles. The molecular formula is C16H23N5O3S. The van der Waals surface area contributed by atoms with Gasteiger partial charge in [-0.3, -0.25) is 14.6 Å². The van der Waals surface area contributed by atoms with Crippen LogP contribution in [0.3, 0.4) is 0 Å². The minimum atomic E-state index is -0.377. The van der Waals surface area contributed by atoms with E-state index in [-0.39, 0.29) is 24.4 Å². The molecule has 1 fully saturated rings. The van der Waals surface area contributed by atoms with Crippen LogP contribution in [0.1, 0.15) is 28.5 Å². The quantitative estimate of drug-likeness (QED) is 0.740. The third-order valence-corrected chi connectivity index (χ3v) is 5.10. The molecule has 2 aromatic rings. The SMILES string of the molecule is CNC(=O)c1nc(CN2CCN(Cc3ccsc3)[C@H](CCO)C2)no1. The summed E-state index contributed by atoms with van der Waals surface area (Å²) in [5.74, 6) is 0.116. The first kappa shape index (κ1) is 18.0. The number of carbonyl (C=O) groups excluding carboxylic acids is 1. The first-order valence-electron chi connectivity index (χ1n) is 8.32. The van der Waals surface area contributed by atoms with Gasteiger partial charge in [-0.15, -0.1) is 0 Å². The number of rotatable bonds is 7. The maximum absolute atomic E-state index is 11.5. The van der Waals surface area contributed by atoms with Crippen molar-refractivity contribution in [3.63, 3.8) is 0 Å². The molecule has 1 amide bonds. The lowest BCUT2D eigenvalue weighted by molar-refractivity contribution is 0.0485. The summed E-state index contributed by atoms with van der Waals surface area (Å²) in [5.41, 5.74) is 1.31. The highest BCUT2D eigenvalue weighted by atomic mass is 32.1. The van der Waals surface area contributed by atoms with Crippen LogP contribution in [0.5, 0.6) is 0 Å². The molecular weight excluding hydrogens is 342 g/mol. The predicted octanol–water partition coefficient (Wildman–Crippen LogP) is 0.559. The van der Waals surface area contributed by atoms with Crippen molar-refractivity contribution < 1.29 is 14.4 Å². The van der Waals surface area contributed by atoms with E-state index in [2.05, 4.69) is 42.1 Å². The summed E-state index contributed by atoms with van der Waals surface area (Å²) in [6, 6.07) is 2.43. The first-order valence-corrected chi connectivity index (χ1v) is 9.27. The lowest BCUT2D eigenvalue weighted by atomic mass is 10.1. The average Bonchev–Trinajstić information content (AvgIpc) is 3.29. The Labute approximate surface area is 150 Å². The Morgan fingerprint density at radius 3 is 3.08 bits per heavy atom. The molecule has 25 heavy (non-hydrogen) atoms. The highest BCUT2D eigenvalue weighted by molar-refractivity contribution is 7.07. The van der Waals surface area contributed by atoms with E-state index in [0.717, 1.165) is 32.6 Å². The number of hydrogen-bond acceptors (Lipinski definition) is 8. The van der Waals surface area contributed by atoms with Crippen molar-refractivity contribution in [2.75, 3.05) is 33.3 Å². The molecule has 0 aromatic carbocycles. The van der Waals surface area contributed by atoms with E-state index in [4.69, 9.17) is 4.52 Å². The van der Waals surface area contributed by atoms with Gasteiger partial charge in [-0.05, 0) is 28.8 Å². The van der Waals surface area contributed by atoms with Gasteiger partial charge < -0.3 is 14.9 Å². The van der Waals surface area contributed by atoms with Crippen LogP contribution in [0.25, 0.3) is 0 Å². The zero-order valence-electron chi connectivity index (χ0n) is 14.2. The summed E-state index contributed by atoms with van der Waals surface area (Å²) in [5, 5.41) is 20.0. The van der Waals surface area contributed by atoms with E-state index in [1.165, 1.54) is 12.6 Å². The number of aliphatic hydroxyl groups excluding tert-OH is 1. The van der Waals surface area contributed by atoms with E-state index >= 15 is 0 Å². The van der Waals surface area contributed by atoms with Gasteiger partial charge in [0.05, 0.1) is 6.54 Å². The van der Waals surface area contributed by atoms with Crippen LogP contribution in [0.2, 0.25) is 0 Å². The van der Waals surface area contributed by atoms with Crippen molar-refractivity contribution >= 4 is 17.2 Å². The second kappa shape index (κ2) is 8.52. The van der Waals surface area contributed by atoms with Crippen molar-refractivity contribution in [1.82, 2.24) is 25.3 Å². The molecule has 1 saturated heterocycles. The zero-order valence-corrected chi connectivity index (χ0v) is 15.0. The summed E-state index contributed by atoms with van der Waals surface area (Å²) in [6.07, 6.45) is 0.733. The maximum Gasteiger partial charge on any atom is 0.315 e. The summed E-state index contributed by atoms with van der Waals surface area (Å²) < 4.78 is 4.98. The van der Waals surface area contributed by atoms with Crippen molar-refractivity contribution in [2.24, 2.45) is 0 Å². The monoisotopic (exact) mass is 365 g/mol. The molecule has 3 rings (SSSR count). The van der Waals surface area contributed by atoms with Crippen LogP contribution in [0.4, 0.5) is 0 Å². The summed E-state index contributed by atoms with van der Waals surface area (Å²) >= 11 is 1.71. The molecule has 0 unspecified atom stereocenters. The van der Waals surface area contributed by atoms with Crippen LogP contribution in [-0.2, 0) is 13.1 Å². The highest BCUT2D eigenvalue weighted by Crippen LogP contribution is 2.19. The van der Waals surface area contributed by atoms with Gasteiger partial charge in [-0.1, -0.05) is 5.16 Å². The normalized spacial score (nSPS) is 19.2. The van der Waals surface area contributed by atoms with Crippen LogP contribution in [-0.4, -0.2) is 70.3 Å². The lowest BCUT2D eigenvalue weighted by Crippen LogP contribution is -2.52. The fraction of sp³-hybridized carbons (Fsp3) is 0.562. The molecule has 9 heteroatoms. The highest BCUT2D eigenvalue weighted by Gasteiger charge is 2.27. The Kier molecular flexibility index (Phi) is 6.14. The topological polar surface area (TPSA) is 94.7 Å². The van der Waals surface area contributed by atoms with Crippen LogP contribution in [0.15, 0.2) is 21.3 Å². The molecule has 1 atom stereocenters. The predicted molar refractivity (Wildman–Crippen MR) is 93.2 cm³/mol. The van der Waals surface area contributed by atoms with Gasteiger partial charge in [0.1, 0.15) is 0 Å². The largest absolute Gasteiger partial charge is 0.396 e. The smallest absolute Gasteiger partial charge is 0.315 e. The number of carbonyl (C=O) groups is 1. The number of thiophene rings is 1. The van der Waals surface area contributed by atoms with Gasteiger partial charge in [0.25, 0.3) is 0 Å². The standard InChI is InChI=1S/C16H23N5O3S/c1-17-15(23)16-18-14(19-24-16)10-20-4-5-21(13(9-20)2-6-22)8-12-3-7-25-11-12/h3,7,11,13,22H,2,4-6,8-10H2,1H3,(H,17,23)/t13-/m1/s1. The van der Waals surface area contributed by atoms with E-state index in [1.807, 2.05) is 0 Å². The molecule has 0 bridgehead atoms. The number of hydrogen-bond donors (Lipinski definition) is 2. The summed E-state index contributed by atoms with van der Waals surface area (Å²) in [6.45, 7) is 4.24. The van der Waals surface area contributed by atoms with Crippen molar-refractivity contribution in [2.45, 2.75) is 25.6 Å². The van der Waals surface area contributed by atoms with E-state index in [1.54, 1.807) is 11.3 Å². The number of aliphatic hydroxyl groups is 1. The van der Waals surface area contributed by atoms with Gasteiger partial charge in [-0.25, -0.2) is 0 Å². The zero-order chi connectivity index (χ0) is 17.6. The third kappa shape index (κ3) is 4.63. The molecule has 0 spiro atoms. The number of aromatic nitrogens is 2. The third-order valence-electron chi connectivity index (χ3n) is 4.37. The van der Waals surface area contributed by atoms with E-state index in [0.29, 0.717) is 12.4 Å². The summed E-state index contributed by atoms with van der Waals surface area (Å²) in [7, 11) is 1.53. The number of nitrogens with zero attached hydrogens (tertiary/aromatic N) is 4. The molecule has 0 aliphatic carbocycles. The number of nitrogens with one attached hydrogen (secondary N) is 1. The Bertz CT molecular complexity index is 675. The Morgan fingerprint density at radius 2 is 2.36 bits per heavy atom. The Hall–Kier alpha value is -1.81. The Balaban J connectivity index is 1.59. The fourth-order valence-corrected chi connectivity index (χ4v) is 3.73. The minimum absolute atomic E-state index is 0.0134. The maximum atomic E-state index is 11.5. The molecule has 1 aliphatic rings. The average molecular weight is 365 g/mol. The molecule has 8 nitrogen and oxygen atoms in total. The van der Waals surface area contributed by atoms with Crippen LogP contribution in [0, 0.1) is 0 Å². The number of amides is 1. The molecule has 0 radical (unpaired) electrons. The van der Waals surface area contributed by atoms with Crippen molar-refractivity contribution in [3.8, 4) is 0 Å². The molecule has 1 aliphatic heterocycles. The van der Waals surface area contributed by atoms with Gasteiger partial charge >= 0.3 is 11.8 Å². The lowest BCUT2D eigenvalue weighted by Gasteiger charge is -2.41. The molecule has 2 aromatic heterocycles. The van der Waals surface area contributed by atoms with Crippen LogP contribution >= 0.6 is 11.3 Å². The Morgan fingerprint density at radius 1 is 1.48 bits per heavy atom. The second-order valence-electron chi connectivity index (χ2n) is 6.10. The minimum Gasteiger partial charge on any atom is -0.396 e. The first-order chi connectivity index (χ1) is 12.2. The van der Waals surface area contributed by atoms with E-state index in [9.17, 15) is 9.90 Å². The fourth-order valence-electron chi connectivity index (χ4n) is 3.07. The molecule has 136 valence electrons. The van der Waals surface area contributed by atoms with Gasteiger partial charge in [0.2, 0.25) is 0 Å². The van der Waals surface area contributed by atoms with Crippen molar-refractivity contribution in [3.05, 3.63) is 34.1 Å². The van der Waals surface area contributed by atoms with Gasteiger partial charge in [0.15, 0.2) is 5.82 Å². The van der Waals surface area contributed by atoms with Crippen LogP contribution < -0.4 is 5.32 Å².